The molecule has 18 heavy (non-hydrogen) atoms. The molecule has 2 N–H and O–H groups in total. The number of carbonyl (C=O) groups is 1. The molecule has 0 spiro atoms. The van der Waals surface area contributed by atoms with Gasteiger partial charge in [0.15, 0.2) is 5.76 Å². The number of amides is 1. The number of hydrogen-bond donors (Lipinski definition) is 2. The number of aromatic nitrogens is 2. The summed E-state index contributed by atoms with van der Waals surface area (Å²) in [5.74, 6) is 0.292. The minimum atomic E-state index is -0.340. The summed E-state index contributed by atoms with van der Waals surface area (Å²) in [6, 6.07) is 7.25. The van der Waals surface area contributed by atoms with E-state index in [0.29, 0.717) is 11.5 Å². The average molecular weight is 306 g/mol. The Kier molecular flexibility index (Phi) is 2.64. The first-order chi connectivity index (χ1) is 8.74. The molecule has 5 nitrogen and oxygen atoms in total. The van der Waals surface area contributed by atoms with Gasteiger partial charge in [-0.05, 0) is 18.2 Å². The second-order valence-corrected chi connectivity index (χ2v) is 4.51. The fourth-order valence-electron chi connectivity index (χ4n) is 1.64. The number of rotatable bonds is 2. The van der Waals surface area contributed by atoms with Crippen LogP contribution in [0.5, 0.6) is 0 Å². The van der Waals surface area contributed by atoms with Crippen molar-refractivity contribution in [2.24, 2.45) is 0 Å². The van der Waals surface area contributed by atoms with E-state index in [-0.39, 0.29) is 11.7 Å². The molecule has 1 aromatic carbocycles. The zero-order chi connectivity index (χ0) is 12.5. The zero-order valence-electron chi connectivity index (χ0n) is 9.11. The number of H-pyrrole nitrogens is 1. The number of anilines is 1. The van der Waals surface area contributed by atoms with Gasteiger partial charge in [0, 0.05) is 22.3 Å². The lowest BCUT2D eigenvalue weighted by Crippen LogP contribution is -2.11. The number of furan rings is 1. The summed E-state index contributed by atoms with van der Waals surface area (Å²) in [6.07, 6.45) is 3.19. The summed E-state index contributed by atoms with van der Waals surface area (Å²) < 4.78 is 6.37. The van der Waals surface area contributed by atoms with Crippen LogP contribution in [-0.4, -0.2) is 15.9 Å². The zero-order valence-corrected chi connectivity index (χ0v) is 10.7. The van der Waals surface area contributed by atoms with Gasteiger partial charge in [0.25, 0.3) is 5.91 Å². The Bertz CT molecular complexity index is 703. The lowest BCUT2D eigenvalue weighted by atomic mass is 10.2. The molecule has 2 aromatic heterocycles. The highest BCUT2D eigenvalue weighted by Crippen LogP contribution is 2.27. The quantitative estimate of drug-likeness (QED) is 0.764. The van der Waals surface area contributed by atoms with Gasteiger partial charge in [0.05, 0.1) is 0 Å². The van der Waals surface area contributed by atoms with Crippen molar-refractivity contribution < 1.29 is 9.21 Å². The van der Waals surface area contributed by atoms with E-state index in [1.54, 1.807) is 18.5 Å². The number of nitrogens with zero attached hydrogens (tertiary/aromatic N) is 1. The minimum Gasteiger partial charge on any atom is -0.451 e. The molecule has 0 saturated carbocycles. The molecular weight excluding hydrogens is 298 g/mol. The molecule has 3 rings (SSSR count). The largest absolute Gasteiger partial charge is 0.451 e. The Morgan fingerprint density at radius 1 is 1.44 bits per heavy atom. The molecular formula is C12H8BrN3O2. The van der Waals surface area contributed by atoms with Crippen LogP contribution in [0.25, 0.3) is 11.0 Å². The molecule has 0 radical (unpaired) electrons. The topological polar surface area (TPSA) is 70.9 Å². The predicted molar refractivity (Wildman–Crippen MR) is 70.5 cm³/mol. The molecule has 0 aliphatic carbocycles. The average Bonchev–Trinajstić information content (AvgIpc) is 2.97. The highest BCUT2D eigenvalue weighted by atomic mass is 79.9. The predicted octanol–water partition coefficient (Wildman–Crippen LogP) is 3.17. The number of aromatic amines is 1. The van der Waals surface area contributed by atoms with Gasteiger partial charge in [0.2, 0.25) is 5.95 Å². The summed E-state index contributed by atoms with van der Waals surface area (Å²) in [5, 5.41) is 3.47. The van der Waals surface area contributed by atoms with Crippen LogP contribution in [-0.2, 0) is 0 Å². The van der Waals surface area contributed by atoms with Gasteiger partial charge in [-0.3, -0.25) is 10.1 Å². The van der Waals surface area contributed by atoms with Crippen molar-refractivity contribution in [2.75, 3.05) is 5.32 Å². The number of benzene rings is 1. The number of carbonyl (C=O) groups excluding carboxylic acids is 1. The molecule has 0 aliphatic rings. The third-order valence-corrected chi connectivity index (χ3v) is 3.15. The smallest absolute Gasteiger partial charge is 0.293 e. The maximum Gasteiger partial charge on any atom is 0.293 e. The summed E-state index contributed by atoms with van der Waals surface area (Å²) in [7, 11) is 0. The standard InChI is InChI=1S/C12H8BrN3O2/c13-8-2-1-3-9-7(8)6-10(18-9)11(17)16-12-14-4-5-15-12/h1-6H,(H2,14,15,16,17). The van der Waals surface area contributed by atoms with Gasteiger partial charge >= 0.3 is 0 Å². The van der Waals surface area contributed by atoms with Crippen LogP contribution >= 0.6 is 15.9 Å². The molecule has 1 amide bonds. The lowest BCUT2D eigenvalue weighted by molar-refractivity contribution is 0.0998. The van der Waals surface area contributed by atoms with Crippen molar-refractivity contribution in [1.82, 2.24) is 9.97 Å². The Morgan fingerprint density at radius 3 is 3.06 bits per heavy atom. The Balaban J connectivity index is 1.94. The van der Waals surface area contributed by atoms with E-state index in [1.165, 1.54) is 0 Å². The van der Waals surface area contributed by atoms with Crippen molar-refractivity contribution >= 4 is 38.8 Å². The monoisotopic (exact) mass is 305 g/mol. The van der Waals surface area contributed by atoms with Crippen LogP contribution < -0.4 is 5.32 Å². The molecule has 90 valence electrons. The first kappa shape index (κ1) is 11.0. The van der Waals surface area contributed by atoms with Gasteiger partial charge in [-0.2, -0.15) is 0 Å². The summed E-state index contributed by atoms with van der Waals surface area (Å²) >= 11 is 3.41. The van der Waals surface area contributed by atoms with Crippen molar-refractivity contribution in [3.05, 3.63) is 46.9 Å². The Hall–Kier alpha value is -2.08. The minimum absolute atomic E-state index is 0.244. The van der Waals surface area contributed by atoms with Crippen molar-refractivity contribution in [3.63, 3.8) is 0 Å². The Labute approximate surface area is 110 Å². The SMILES string of the molecule is O=C(Nc1ncc[nH]1)c1cc2c(Br)cccc2o1. The van der Waals surface area contributed by atoms with Gasteiger partial charge in [-0.25, -0.2) is 4.98 Å². The van der Waals surface area contributed by atoms with E-state index in [2.05, 4.69) is 31.2 Å². The number of fused-ring (bicyclic) bond motifs is 1. The fraction of sp³-hybridized carbons (Fsp3) is 0. The van der Waals surface area contributed by atoms with E-state index >= 15 is 0 Å². The summed E-state index contributed by atoms with van der Waals surface area (Å²) in [4.78, 5) is 18.6. The third-order valence-electron chi connectivity index (χ3n) is 2.46. The van der Waals surface area contributed by atoms with Crippen LogP contribution in [0.3, 0.4) is 0 Å². The number of halogens is 1. The second-order valence-electron chi connectivity index (χ2n) is 3.65. The van der Waals surface area contributed by atoms with E-state index in [4.69, 9.17) is 4.42 Å². The highest BCUT2D eigenvalue weighted by molar-refractivity contribution is 9.10. The van der Waals surface area contributed by atoms with Gasteiger partial charge in [-0.15, -0.1) is 0 Å². The fourth-order valence-corrected chi connectivity index (χ4v) is 2.10. The molecule has 0 bridgehead atoms. The van der Waals surface area contributed by atoms with Crippen molar-refractivity contribution in [2.45, 2.75) is 0 Å². The van der Waals surface area contributed by atoms with Crippen LogP contribution in [0.2, 0.25) is 0 Å². The first-order valence-electron chi connectivity index (χ1n) is 5.23. The normalized spacial score (nSPS) is 10.7. The highest BCUT2D eigenvalue weighted by Gasteiger charge is 2.14. The summed E-state index contributed by atoms with van der Waals surface area (Å²) in [6.45, 7) is 0. The molecule has 0 unspecified atom stereocenters. The van der Waals surface area contributed by atoms with Crippen LogP contribution in [0.4, 0.5) is 5.95 Å². The summed E-state index contributed by atoms with van der Waals surface area (Å²) in [5.41, 5.74) is 0.661. The molecule has 0 saturated heterocycles. The maximum absolute atomic E-state index is 11.9. The number of nitrogens with one attached hydrogen (secondary N) is 2. The van der Waals surface area contributed by atoms with Crippen molar-refractivity contribution in [3.8, 4) is 0 Å². The van der Waals surface area contributed by atoms with E-state index in [1.807, 2.05) is 18.2 Å². The Morgan fingerprint density at radius 2 is 2.33 bits per heavy atom. The maximum atomic E-state index is 11.9. The van der Waals surface area contributed by atoms with Gasteiger partial charge < -0.3 is 9.40 Å². The molecule has 6 heteroatoms. The lowest BCUT2D eigenvalue weighted by Gasteiger charge is -1.96. The molecule has 2 heterocycles. The van der Waals surface area contributed by atoms with E-state index < -0.39 is 0 Å². The number of imidazole rings is 1. The number of hydrogen-bond acceptors (Lipinski definition) is 3. The van der Waals surface area contributed by atoms with Crippen LogP contribution in [0.1, 0.15) is 10.6 Å². The third kappa shape index (κ3) is 1.91. The van der Waals surface area contributed by atoms with E-state index in [0.717, 1.165) is 9.86 Å². The molecule has 0 fully saturated rings. The van der Waals surface area contributed by atoms with Gasteiger partial charge in [-0.1, -0.05) is 22.0 Å². The van der Waals surface area contributed by atoms with Crippen LogP contribution in [0.15, 0.2) is 45.5 Å². The second kappa shape index (κ2) is 4.30. The molecule has 0 aliphatic heterocycles. The first-order valence-corrected chi connectivity index (χ1v) is 6.02. The van der Waals surface area contributed by atoms with Gasteiger partial charge in [0.1, 0.15) is 5.58 Å². The van der Waals surface area contributed by atoms with Crippen LogP contribution in [0, 0.1) is 0 Å². The van der Waals surface area contributed by atoms with E-state index in [9.17, 15) is 4.79 Å². The molecule has 3 aromatic rings. The molecule has 0 atom stereocenters. The van der Waals surface area contributed by atoms with Crippen molar-refractivity contribution in [1.29, 1.82) is 0 Å².